The molecule has 0 fully saturated rings. The number of carbonyl (C=O) groups excluding carboxylic acids is 1. The molecule has 6 nitrogen and oxygen atoms in total. The third-order valence-corrected chi connectivity index (χ3v) is 5.78. The molecule has 2 aliphatic rings. The Morgan fingerprint density at radius 2 is 2.27 bits per heavy atom. The number of rotatable bonds is 3. The molecule has 0 aliphatic carbocycles. The predicted octanol–water partition coefficient (Wildman–Crippen LogP) is 2.86. The number of benzene rings is 1. The summed E-state index contributed by atoms with van der Waals surface area (Å²) >= 11 is 7.28. The van der Waals surface area contributed by atoms with Crippen LogP contribution in [0.3, 0.4) is 0 Å². The SMILES string of the molecule is NC1=NC2(COCc3ccc(NC(=O)c4ccc(CCl)cn4)cc32)CS1. The second kappa shape index (κ2) is 6.90. The molecule has 3 N–H and O–H groups in total. The molecule has 1 spiro atoms. The molecule has 0 radical (unpaired) electrons. The van der Waals surface area contributed by atoms with Crippen LogP contribution in [-0.2, 0) is 22.8 Å². The van der Waals surface area contributed by atoms with E-state index in [1.54, 1.807) is 18.3 Å². The summed E-state index contributed by atoms with van der Waals surface area (Å²) < 4.78 is 5.71. The van der Waals surface area contributed by atoms with Crippen molar-refractivity contribution in [3.05, 3.63) is 58.9 Å². The summed E-state index contributed by atoms with van der Waals surface area (Å²) in [6, 6.07) is 9.25. The number of aromatic nitrogens is 1. The first-order valence-corrected chi connectivity index (χ1v) is 9.63. The number of fused-ring (bicyclic) bond motifs is 2. The number of nitrogens with two attached hydrogens (primary N) is 1. The number of pyridine rings is 1. The lowest BCUT2D eigenvalue weighted by molar-refractivity contribution is 0.0634. The standard InChI is InChI=1S/C18H17ClN4O2S/c19-6-11-1-4-15(21-7-11)16(24)22-13-3-2-12-8-25-9-18(14(12)5-13)10-26-17(20)23-18/h1-5,7H,6,8-10H2,(H2,20,23)(H,22,24). The first-order valence-electron chi connectivity index (χ1n) is 8.11. The molecule has 4 rings (SSSR count). The fourth-order valence-corrected chi connectivity index (χ4v) is 4.22. The van der Waals surface area contributed by atoms with E-state index in [2.05, 4.69) is 15.3 Å². The Morgan fingerprint density at radius 3 is 2.96 bits per heavy atom. The van der Waals surface area contributed by atoms with E-state index >= 15 is 0 Å². The maximum absolute atomic E-state index is 12.5. The van der Waals surface area contributed by atoms with Crippen LogP contribution in [0, 0.1) is 0 Å². The highest BCUT2D eigenvalue weighted by Gasteiger charge is 2.41. The van der Waals surface area contributed by atoms with Gasteiger partial charge in [-0.15, -0.1) is 11.6 Å². The average molecular weight is 389 g/mol. The molecule has 134 valence electrons. The average Bonchev–Trinajstić information content (AvgIpc) is 3.04. The van der Waals surface area contributed by atoms with Crippen LogP contribution >= 0.6 is 23.4 Å². The largest absolute Gasteiger partial charge is 0.379 e. The smallest absolute Gasteiger partial charge is 0.274 e. The number of hydrogen-bond donors (Lipinski definition) is 2. The fraction of sp³-hybridized carbons (Fsp3) is 0.278. The van der Waals surface area contributed by atoms with E-state index in [0.29, 0.717) is 35.6 Å². The molecule has 1 amide bonds. The van der Waals surface area contributed by atoms with Crippen molar-refractivity contribution in [2.45, 2.75) is 18.0 Å². The number of ether oxygens (including phenoxy) is 1. The first-order chi connectivity index (χ1) is 12.6. The monoisotopic (exact) mass is 388 g/mol. The van der Waals surface area contributed by atoms with Crippen LogP contribution in [0.25, 0.3) is 0 Å². The Bertz CT molecular complexity index is 887. The van der Waals surface area contributed by atoms with Gasteiger partial charge in [-0.05, 0) is 34.9 Å². The Hall–Kier alpha value is -2.09. The van der Waals surface area contributed by atoms with Crippen LogP contribution < -0.4 is 11.1 Å². The van der Waals surface area contributed by atoms with Crippen molar-refractivity contribution in [3.8, 4) is 0 Å². The Labute approximate surface area is 160 Å². The lowest BCUT2D eigenvalue weighted by atomic mass is 9.87. The van der Waals surface area contributed by atoms with Crippen LogP contribution in [0.5, 0.6) is 0 Å². The van der Waals surface area contributed by atoms with Crippen molar-refractivity contribution in [1.82, 2.24) is 4.98 Å². The minimum atomic E-state index is -0.469. The van der Waals surface area contributed by atoms with Gasteiger partial charge >= 0.3 is 0 Å². The second-order valence-electron chi connectivity index (χ2n) is 6.27. The highest BCUT2D eigenvalue weighted by Crippen LogP contribution is 2.41. The molecule has 0 bridgehead atoms. The fourth-order valence-electron chi connectivity index (χ4n) is 3.13. The summed E-state index contributed by atoms with van der Waals surface area (Å²) in [7, 11) is 0. The van der Waals surface area contributed by atoms with E-state index in [-0.39, 0.29) is 5.91 Å². The molecule has 0 saturated heterocycles. The molecule has 26 heavy (non-hydrogen) atoms. The molecule has 8 heteroatoms. The summed E-state index contributed by atoms with van der Waals surface area (Å²) in [4.78, 5) is 21.2. The van der Waals surface area contributed by atoms with Gasteiger partial charge in [0.05, 0.1) is 13.2 Å². The lowest BCUT2D eigenvalue weighted by Gasteiger charge is -2.32. The quantitative estimate of drug-likeness (QED) is 0.789. The maximum atomic E-state index is 12.5. The van der Waals surface area contributed by atoms with Crippen LogP contribution in [0.2, 0.25) is 0 Å². The third-order valence-electron chi connectivity index (χ3n) is 4.46. The first kappa shape index (κ1) is 17.3. The Morgan fingerprint density at radius 1 is 1.38 bits per heavy atom. The van der Waals surface area contributed by atoms with Crippen LogP contribution in [-0.4, -0.2) is 28.4 Å². The zero-order chi connectivity index (χ0) is 18.1. The van der Waals surface area contributed by atoms with Crippen LogP contribution in [0.1, 0.15) is 27.2 Å². The minimum Gasteiger partial charge on any atom is -0.379 e. The number of amides is 1. The summed E-state index contributed by atoms with van der Waals surface area (Å²) in [6.45, 7) is 1.03. The van der Waals surface area contributed by atoms with Crippen LogP contribution in [0.15, 0.2) is 41.5 Å². The third kappa shape index (κ3) is 3.18. The number of anilines is 1. The molecule has 2 aromatic rings. The number of amidine groups is 1. The van der Waals surface area contributed by atoms with Gasteiger partial charge in [-0.3, -0.25) is 9.78 Å². The van der Waals surface area contributed by atoms with Gasteiger partial charge in [0.2, 0.25) is 0 Å². The molecule has 1 aromatic heterocycles. The zero-order valence-electron chi connectivity index (χ0n) is 13.9. The summed E-state index contributed by atoms with van der Waals surface area (Å²) in [5, 5.41) is 3.47. The Balaban J connectivity index is 1.60. The molecule has 2 aliphatic heterocycles. The molecular formula is C18H17ClN4O2S. The molecule has 3 heterocycles. The van der Waals surface area contributed by atoms with Gasteiger partial charge in [-0.1, -0.05) is 23.9 Å². The second-order valence-corrected chi connectivity index (χ2v) is 7.54. The van der Waals surface area contributed by atoms with Crippen LogP contribution in [0.4, 0.5) is 5.69 Å². The highest BCUT2D eigenvalue weighted by atomic mass is 35.5. The predicted molar refractivity (Wildman–Crippen MR) is 104 cm³/mol. The number of nitrogens with one attached hydrogen (secondary N) is 1. The van der Waals surface area contributed by atoms with E-state index in [4.69, 9.17) is 22.1 Å². The van der Waals surface area contributed by atoms with Gasteiger partial charge in [0.1, 0.15) is 11.2 Å². The molecule has 1 unspecified atom stereocenters. The van der Waals surface area contributed by atoms with Gasteiger partial charge in [-0.25, -0.2) is 4.99 Å². The Kier molecular flexibility index (Phi) is 4.60. The van der Waals surface area contributed by atoms with Crippen molar-refractivity contribution in [2.75, 3.05) is 17.7 Å². The number of hydrogen-bond acceptors (Lipinski definition) is 6. The number of aliphatic imine (C=N–C) groups is 1. The van der Waals surface area contributed by atoms with Gasteiger partial charge in [0.25, 0.3) is 5.91 Å². The van der Waals surface area contributed by atoms with Gasteiger partial charge in [-0.2, -0.15) is 0 Å². The van der Waals surface area contributed by atoms with E-state index < -0.39 is 5.54 Å². The van der Waals surface area contributed by atoms with Crippen molar-refractivity contribution in [2.24, 2.45) is 10.7 Å². The van der Waals surface area contributed by atoms with Crippen molar-refractivity contribution in [1.29, 1.82) is 0 Å². The molecule has 0 saturated carbocycles. The minimum absolute atomic E-state index is 0.268. The number of thioether (sulfide) groups is 1. The van der Waals surface area contributed by atoms with E-state index in [0.717, 1.165) is 22.4 Å². The summed E-state index contributed by atoms with van der Waals surface area (Å²) in [5.74, 6) is 0.840. The normalized spacial score (nSPS) is 21.3. The summed E-state index contributed by atoms with van der Waals surface area (Å²) in [6.07, 6.45) is 1.61. The number of nitrogens with zero attached hydrogens (tertiary/aromatic N) is 2. The van der Waals surface area contributed by atoms with Crippen molar-refractivity contribution < 1.29 is 9.53 Å². The van der Waals surface area contributed by atoms with E-state index in [9.17, 15) is 4.79 Å². The van der Waals surface area contributed by atoms with E-state index in [1.165, 1.54) is 11.8 Å². The lowest BCUT2D eigenvalue weighted by Crippen LogP contribution is -2.35. The van der Waals surface area contributed by atoms with Gasteiger partial charge in [0, 0.05) is 23.5 Å². The molecule has 1 aromatic carbocycles. The van der Waals surface area contributed by atoms with Gasteiger partial charge in [0.15, 0.2) is 5.17 Å². The highest BCUT2D eigenvalue weighted by molar-refractivity contribution is 8.14. The number of carbonyl (C=O) groups is 1. The maximum Gasteiger partial charge on any atom is 0.274 e. The molecular weight excluding hydrogens is 372 g/mol. The van der Waals surface area contributed by atoms with Crippen molar-refractivity contribution in [3.63, 3.8) is 0 Å². The van der Waals surface area contributed by atoms with Gasteiger partial charge < -0.3 is 15.8 Å². The zero-order valence-corrected chi connectivity index (χ0v) is 15.4. The topological polar surface area (TPSA) is 89.6 Å². The molecule has 1 atom stereocenters. The van der Waals surface area contributed by atoms with E-state index in [1.807, 2.05) is 18.2 Å². The van der Waals surface area contributed by atoms with Crippen molar-refractivity contribution >= 4 is 40.1 Å². The number of alkyl halides is 1. The summed E-state index contributed by atoms with van der Waals surface area (Å²) in [5.41, 5.74) is 9.45. The number of halogens is 1.